The van der Waals surface area contributed by atoms with E-state index in [9.17, 15) is 0 Å². The van der Waals surface area contributed by atoms with Crippen LogP contribution in [0.1, 0.15) is 0 Å². The van der Waals surface area contributed by atoms with Gasteiger partial charge in [-0.1, -0.05) is 164 Å². The second-order valence-electron chi connectivity index (χ2n) is 12.8. The van der Waals surface area contributed by atoms with Crippen LogP contribution in [0.3, 0.4) is 0 Å². The van der Waals surface area contributed by atoms with Crippen LogP contribution in [0.2, 0.25) is 0 Å². The zero-order valence-electron chi connectivity index (χ0n) is 27.1. The molecule has 10 rings (SSSR count). The van der Waals surface area contributed by atoms with Gasteiger partial charge in [-0.3, -0.25) is 0 Å². The van der Waals surface area contributed by atoms with Crippen LogP contribution in [-0.4, -0.2) is 15.0 Å². The van der Waals surface area contributed by atoms with Gasteiger partial charge in [0.15, 0.2) is 5.82 Å². The van der Waals surface area contributed by atoms with Crippen LogP contribution in [0, 0.1) is 0 Å². The fourth-order valence-corrected chi connectivity index (χ4v) is 7.52. The van der Waals surface area contributed by atoms with Crippen molar-refractivity contribution in [3.63, 3.8) is 0 Å². The molecule has 0 fully saturated rings. The molecule has 0 aliphatic carbocycles. The van der Waals surface area contributed by atoms with Gasteiger partial charge < -0.3 is 0 Å². The van der Waals surface area contributed by atoms with Crippen molar-refractivity contribution in [2.75, 3.05) is 0 Å². The Balaban J connectivity index is 1.22. The van der Waals surface area contributed by atoms with Crippen LogP contribution in [-0.2, 0) is 0 Å². The van der Waals surface area contributed by atoms with Crippen molar-refractivity contribution in [3.8, 4) is 45.2 Å². The SMILES string of the molecule is c1ccc(-c2cc(-c3ccccc3)nc(-c3ccc(-c4nc5ccc6ccccc6c5c5c6ccccc6c6ccccc6c45)cc3)n2)cc1. The maximum Gasteiger partial charge on any atom is 0.160 e. The smallest absolute Gasteiger partial charge is 0.160 e. The number of pyridine rings is 1. The Morgan fingerprint density at radius 1 is 0.300 bits per heavy atom. The van der Waals surface area contributed by atoms with E-state index >= 15 is 0 Å². The molecule has 2 heterocycles. The van der Waals surface area contributed by atoms with Crippen molar-refractivity contribution in [1.29, 1.82) is 0 Å². The van der Waals surface area contributed by atoms with Crippen LogP contribution in [0.4, 0.5) is 0 Å². The van der Waals surface area contributed by atoms with Crippen LogP contribution >= 0.6 is 0 Å². The van der Waals surface area contributed by atoms with Crippen molar-refractivity contribution in [1.82, 2.24) is 15.0 Å². The number of benzene rings is 8. The summed E-state index contributed by atoms with van der Waals surface area (Å²) in [5.74, 6) is 0.691. The zero-order chi connectivity index (χ0) is 33.0. The molecule has 0 aliphatic rings. The summed E-state index contributed by atoms with van der Waals surface area (Å²) in [4.78, 5) is 15.6. The number of nitrogens with zero attached hydrogens (tertiary/aromatic N) is 3. The van der Waals surface area contributed by atoms with E-state index in [2.05, 4.69) is 140 Å². The molecule has 0 N–H and O–H groups in total. The number of hydrogen-bond donors (Lipinski definition) is 0. The second kappa shape index (κ2) is 11.5. The largest absolute Gasteiger partial charge is 0.247 e. The van der Waals surface area contributed by atoms with E-state index in [-0.39, 0.29) is 0 Å². The minimum Gasteiger partial charge on any atom is -0.247 e. The van der Waals surface area contributed by atoms with E-state index in [1.54, 1.807) is 0 Å². The standard InChI is InChI=1S/C47H29N3/c1-3-14-31(15-4-1)41-29-42(32-16-5-2-6-17-32)50-47(49-41)34-25-23-33(24-26-34)46-45-39-22-12-10-20-37(39)36-19-9-11-21-38(36)44(45)43-35-18-8-7-13-30(35)27-28-40(43)48-46/h1-29H. The highest BCUT2D eigenvalue weighted by molar-refractivity contribution is 6.36. The number of hydrogen-bond acceptors (Lipinski definition) is 3. The van der Waals surface area contributed by atoms with Crippen molar-refractivity contribution in [2.24, 2.45) is 0 Å². The van der Waals surface area contributed by atoms with Gasteiger partial charge in [0.2, 0.25) is 0 Å². The summed E-state index contributed by atoms with van der Waals surface area (Å²) in [5.41, 5.74) is 7.87. The summed E-state index contributed by atoms with van der Waals surface area (Å²) < 4.78 is 0. The molecule has 0 saturated heterocycles. The first-order valence-corrected chi connectivity index (χ1v) is 17.0. The highest BCUT2D eigenvalue weighted by Gasteiger charge is 2.19. The van der Waals surface area contributed by atoms with E-state index in [1.165, 1.54) is 48.5 Å². The fraction of sp³-hybridized carbons (Fsp3) is 0. The van der Waals surface area contributed by atoms with Crippen molar-refractivity contribution in [2.45, 2.75) is 0 Å². The molecule has 232 valence electrons. The third-order valence-corrected chi connectivity index (χ3v) is 9.84. The Morgan fingerprint density at radius 3 is 1.42 bits per heavy atom. The van der Waals surface area contributed by atoms with Crippen molar-refractivity contribution < 1.29 is 0 Å². The van der Waals surface area contributed by atoms with Gasteiger partial charge in [-0.15, -0.1) is 0 Å². The Morgan fingerprint density at radius 2 is 0.800 bits per heavy atom. The molecule has 0 bridgehead atoms. The van der Waals surface area contributed by atoms with Crippen molar-refractivity contribution >= 4 is 54.0 Å². The Hall–Kier alpha value is -6.71. The van der Waals surface area contributed by atoms with E-state index in [4.69, 9.17) is 15.0 Å². The van der Waals surface area contributed by atoms with Gasteiger partial charge in [0.25, 0.3) is 0 Å². The molecular formula is C47H29N3. The van der Waals surface area contributed by atoms with Crippen LogP contribution in [0.25, 0.3) is 99.2 Å². The fourth-order valence-electron chi connectivity index (χ4n) is 7.52. The molecule has 0 unspecified atom stereocenters. The number of rotatable bonds is 4. The monoisotopic (exact) mass is 635 g/mol. The molecular weight excluding hydrogens is 607 g/mol. The minimum atomic E-state index is 0.691. The maximum atomic E-state index is 5.46. The molecule has 0 saturated carbocycles. The molecule has 0 atom stereocenters. The second-order valence-corrected chi connectivity index (χ2v) is 12.8. The van der Waals surface area contributed by atoms with Gasteiger partial charge in [0, 0.05) is 38.4 Å². The predicted molar refractivity (Wildman–Crippen MR) is 209 cm³/mol. The average Bonchev–Trinajstić information content (AvgIpc) is 3.21. The van der Waals surface area contributed by atoms with Gasteiger partial charge in [-0.25, -0.2) is 15.0 Å². The number of aromatic nitrogens is 3. The summed E-state index contributed by atoms with van der Waals surface area (Å²) in [6.07, 6.45) is 0. The lowest BCUT2D eigenvalue weighted by Crippen LogP contribution is -1.96. The molecule has 3 nitrogen and oxygen atoms in total. The molecule has 8 aromatic carbocycles. The molecule has 0 radical (unpaired) electrons. The molecule has 10 aromatic rings. The average molecular weight is 636 g/mol. The Bertz CT molecular complexity index is 2830. The van der Waals surface area contributed by atoms with Gasteiger partial charge in [-0.05, 0) is 44.5 Å². The number of fused-ring (bicyclic) bond motifs is 10. The summed E-state index contributed by atoms with van der Waals surface area (Å²) in [6.45, 7) is 0. The zero-order valence-corrected chi connectivity index (χ0v) is 27.1. The first kappa shape index (κ1) is 28.3. The molecule has 50 heavy (non-hydrogen) atoms. The van der Waals surface area contributed by atoms with E-state index < -0.39 is 0 Å². The quantitative estimate of drug-likeness (QED) is 0.181. The minimum absolute atomic E-state index is 0.691. The third kappa shape index (κ3) is 4.56. The van der Waals surface area contributed by atoms with Gasteiger partial charge >= 0.3 is 0 Å². The highest BCUT2D eigenvalue weighted by atomic mass is 14.9. The molecule has 0 aliphatic heterocycles. The van der Waals surface area contributed by atoms with Gasteiger partial charge in [-0.2, -0.15) is 0 Å². The van der Waals surface area contributed by atoms with E-state index in [0.717, 1.165) is 44.9 Å². The van der Waals surface area contributed by atoms with Crippen LogP contribution in [0.15, 0.2) is 176 Å². The first-order chi connectivity index (χ1) is 24.8. The summed E-state index contributed by atoms with van der Waals surface area (Å²) in [7, 11) is 0. The lowest BCUT2D eigenvalue weighted by atomic mass is 9.88. The van der Waals surface area contributed by atoms with Crippen molar-refractivity contribution in [3.05, 3.63) is 176 Å². The lowest BCUT2D eigenvalue weighted by Gasteiger charge is -2.17. The molecule has 2 aromatic heterocycles. The Kier molecular flexibility index (Phi) is 6.49. The lowest BCUT2D eigenvalue weighted by molar-refractivity contribution is 1.18. The highest BCUT2D eigenvalue weighted by Crippen LogP contribution is 2.44. The van der Waals surface area contributed by atoms with Crippen LogP contribution in [0.5, 0.6) is 0 Å². The predicted octanol–water partition coefficient (Wildman–Crippen LogP) is 12.3. The van der Waals surface area contributed by atoms with Gasteiger partial charge in [0.1, 0.15) is 0 Å². The normalized spacial score (nSPS) is 11.6. The third-order valence-electron chi connectivity index (χ3n) is 9.84. The molecule has 3 heteroatoms. The summed E-state index contributed by atoms with van der Waals surface area (Å²) in [5, 5.41) is 11.0. The topological polar surface area (TPSA) is 38.7 Å². The van der Waals surface area contributed by atoms with E-state index in [0.29, 0.717) is 5.82 Å². The first-order valence-electron chi connectivity index (χ1n) is 17.0. The summed E-state index contributed by atoms with van der Waals surface area (Å²) in [6, 6.07) is 61.9. The van der Waals surface area contributed by atoms with Crippen LogP contribution < -0.4 is 0 Å². The maximum absolute atomic E-state index is 5.46. The van der Waals surface area contributed by atoms with E-state index in [1.807, 2.05) is 36.4 Å². The molecule has 0 spiro atoms. The Labute approximate surface area is 289 Å². The summed E-state index contributed by atoms with van der Waals surface area (Å²) >= 11 is 0. The van der Waals surface area contributed by atoms with Gasteiger partial charge in [0.05, 0.1) is 22.6 Å². The molecule has 0 amide bonds.